The van der Waals surface area contributed by atoms with Crippen LogP contribution >= 0.6 is 0 Å². The molecule has 0 spiro atoms. The number of nitrogens with one attached hydrogen (secondary N) is 1. The lowest BCUT2D eigenvalue weighted by Crippen LogP contribution is -2.49. The summed E-state index contributed by atoms with van der Waals surface area (Å²) in [5.74, 6) is -0.470. The Balaban J connectivity index is 3.66. The number of aliphatic hydroxyl groups excluding tert-OH is 3. The number of hydrogen-bond acceptors (Lipinski definition) is 4. The van der Waals surface area contributed by atoms with Crippen LogP contribution < -0.4 is 5.32 Å². The van der Waals surface area contributed by atoms with Crippen LogP contribution in [-0.4, -0.2) is 46.1 Å². The van der Waals surface area contributed by atoms with Crippen molar-refractivity contribution in [2.45, 2.75) is 218 Å². The molecule has 0 fully saturated rings. The van der Waals surface area contributed by atoms with Gasteiger partial charge in [-0.25, -0.2) is 0 Å². The Morgan fingerprint density at radius 2 is 0.780 bits per heavy atom. The zero-order chi connectivity index (χ0) is 30.2. The molecule has 41 heavy (non-hydrogen) atoms. The van der Waals surface area contributed by atoms with Crippen molar-refractivity contribution in [3.63, 3.8) is 0 Å². The van der Waals surface area contributed by atoms with E-state index >= 15 is 0 Å². The first-order chi connectivity index (χ1) is 20.1. The Labute approximate surface area is 256 Å². The van der Waals surface area contributed by atoms with Crippen LogP contribution in [-0.2, 0) is 4.79 Å². The van der Waals surface area contributed by atoms with Crippen LogP contribution in [0.5, 0.6) is 0 Å². The first-order valence-corrected chi connectivity index (χ1v) is 18.3. The third-order valence-corrected chi connectivity index (χ3v) is 8.73. The predicted octanol–water partition coefficient (Wildman–Crippen LogP) is 9.54. The molecular weight excluding hydrogens is 510 g/mol. The molecule has 5 nitrogen and oxygen atoms in total. The summed E-state index contributed by atoms with van der Waals surface area (Å²) in [4.78, 5) is 12.4. The highest BCUT2D eigenvalue weighted by atomic mass is 16.3. The summed E-state index contributed by atoms with van der Waals surface area (Å²) in [7, 11) is 0. The standard InChI is InChI=1S/C36H73NO4/c1-3-5-7-9-11-13-15-17-18-19-21-22-24-26-28-30-34(39)33(32-38)37-36(41)35(40)31-29-27-25-23-20-16-14-12-10-8-6-4-2/h33-35,38-40H,3-32H2,1-2H3,(H,37,41). The lowest BCUT2D eigenvalue weighted by molar-refractivity contribution is -0.131. The van der Waals surface area contributed by atoms with E-state index < -0.39 is 24.2 Å². The lowest BCUT2D eigenvalue weighted by atomic mass is 10.0. The van der Waals surface area contributed by atoms with Crippen LogP contribution in [0, 0.1) is 0 Å². The minimum Gasteiger partial charge on any atom is -0.394 e. The molecular formula is C36H73NO4. The average molecular weight is 584 g/mol. The molecule has 3 atom stereocenters. The van der Waals surface area contributed by atoms with Gasteiger partial charge in [-0.15, -0.1) is 0 Å². The number of carbonyl (C=O) groups is 1. The summed E-state index contributed by atoms with van der Waals surface area (Å²) in [5.41, 5.74) is 0. The van der Waals surface area contributed by atoms with E-state index in [0.29, 0.717) is 12.8 Å². The molecule has 0 aromatic rings. The Morgan fingerprint density at radius 3 is 1.10 bits per heavy atom. The molecule has 0 aliphatic carbocycles. The molecule has 1 amide bonds. The highest BCUT2D eigenvalue weighted by molar-refractivity contribution is 5.80. The Hall–Kier alpha value is -0.650. The van der Waals surface area contributed by atoms with Crippen LogP contribution in [0.1, 0.15) is 200 Å². The molecule has 0 rings (SSSR count). The van der Waals surface area contributed by atoms with E-state index in [4.69, 9.17) is 0 Å². The smallest absolute Gasteiger partial charge is 0.249 e. The molecule has 0 radical (unpaired) electrons. The first-order valence-electron chi connectivity index (χ1n) is 18.3. The number of carbonyl (C=O) groups excluding carboxylic acids is 1. The third kappa shape index (κ3) is 27.9. The molecule has 0 aliphatic heterocycles. The third-order valence-electron chi connectivity index (χ3n) is 8.73. The van der Waals surface area contributed by atoms with Gasteiger partial charge in [0.05, 0.1) is 18.8 Å². The molecule has 0 saturated carbocycles. The second-order valence-electron chi connectivity index (χ2n) is 12.8. The number of hydrogen-bond donors (Lipinski definition) is 4. The molecule has 4 N–H and O–H groups in total. The van der Waals surface area contributed by atoms with E-state index in [1.807, 2.05) is 0 Å². The summed E-state index contributed by atoms with van der Waals surface area (Å²) in [6, 6.07) is -0.703. The molecule has 0 aromatic carbocycles. The summed E-state index contributed by atoms with van der Waals surface area (Å²) < 4.78 is 0. The number of unbranched alkanes of at least 4 members (excludes halogenated alkanes) is 25. The van der Waals surface area contributed by atoms with Gasteiger partial charge < -0.3 is 20.6 Å². The largest absolute Gasteiger partial charge is 0.394 e. The van der Waals surface area contributed by atoms with Gasteiger partial charge in [-0.2, -0.15) is 0 Å². The summed E-state index contributed by atoms with van der Waals surface area (Å²) in [6.07, 6.45) is 33.7. The Morgan fingerprint density at radius 1 is 0.488 bits per heavy atom. The van der Waals surface area contributed by atoms with Gasteiger partial charge in [0.15, 0.2) is 0 Å². The van der Waals surface area contributed by atoms with E-state index in [1.54, 1.807) is 0 Å². The van der Waals surface area contributed by atoms with Gasteiger partial charge in [0, 0.05) is 0 Å². The minimum atomic E-state index is -1.06. The number of aliphatic hydroxyl groups is 3. The summed E-state index contributed by atoms with van der Waals surface area (Å²) in [5, 5.41) is 33.1. The fourth-order valence-electron chi connectivity index (χ4n) is 5.78. The number of rotatable bonds is 33. The second kappa shape index (κ2) is 32.3. The van der Waals surface area contributed by atoms with Crippen molar-refractivity contribution >= 4 is 5.91 Å². The summed E-state index contributed by atoms with van der Waals surface area (Å²) >= 11 is 0. The van der Waals surface area contributed by atoms with Crippen molar-refractivity contribution in [2.75, 3.05) is 6.61 Å². The van der Waals surface area contributed by atoms with E-state index in [1.165, 1.54) is 141 Å². The van der Waals surface area contributed by atoms with Crippen molar-refractivity contribution < 1.29 is 20.1 Å². The van der Waals surface area contributed by atoms with Gasteiger partial charge in [0.25, 0.3) is 0 Å². The van der Waals surface area contributed by atoms with Crippen molar-refractivity contribution in [3.05, 3.63) is 0 Å². The normalized spacial score (nSPS) is 13.8. The van der Waals surface area contributed by atoms with Crippen LogP contribution in [0.15, 0.2) is 0 Å². The highest BCUT2D eigenvalue weighted by Gasteiger charge is 2.23. The zero-order valence-electron chi connectivity index (χ0n) is 27.7. The highest BCUT2D eigenvalue weighted by Crippen LogP contribution is 2.16. The maximum atomic E-state index is 12.4. The summed E-state index contributed by atoms with van der Waals surface area (Å²) in [6.45, 7) is 4.22. The van der Waals surface area contributed by atoms with Crippen molar-refractivity contribution in [2.24, 2.45) is 0 Å². The fraction of sp³-hybridized carbons (Fsp3) is 0.972. The molecule has 0 aromatic heterocycles. The average Bonchev–Trinajstić information content (AvgIpc) is 2.98. The molecule has 246 valence electrons. The Bertz CT molecular complexity index is 530. The minimum absolute atomic E-state index is 0.309. The van der Waals surface area contributed by atoms with Gasteiger partial charge >= 0.3 is 0 Å². The van der Waals surface area contributed by atoms with E-state index in [-0.39, 0.29) is 6.61 Å². The van der Waals surface area contributed by atoms with E-state index in [0.717, 1.165) is 32.1 Å². The maximum Gasteiger partial charge on any atom is 0.249 e. The van der Waals surface area contributed by atoms with Crippen LogP contribution in [0.4, 0.5) is 0 Å². The predicted molar refractivity (Wildman–Crippen MR) is 176 cm³/mol. The molecule has 3 unspecified atom stereocenters. The van der Waals surface area contributed by atoms with Crippen molar-refractivity contribution in [3.8, 4) is 0 Å². The van der Waals surface area contributed by atoms with Gasteiger partial charge in [0.1, 0.15) is 6.10 Å². The number of amides is 1. The van der Waals surface area contributed by atoms with Gasteiger partial charge in [-0.05, 0) is 12.8 Å². The zero-order valence-corrected chi connectivity index (χ0v) is 27.7. The Kier molecular flexibility index (Phi) is 31.8. The van der Waals surface area contributed by atoms with E-state index in [2.05, 4.69) is 19.2 Å². The van der Waals surface area contributed by atoms with Crippen LogP contribution in [0.25, 0.3) is 0 Å². The molecule has 5 heteroatoms. The van der Waals surface area contributed by atoms with Gasteiger partial charge in [-0.3, -0.25) is 4.79 Å². The lowest BCUT2D eigenvalue weighted by Gasteiger charge is -2.23. The molecule has 0 saturated heterocycles. The second-order valence-corrected chi connectivity index (χ2v) is 12.8. The maximum absolute atomic E-state index is 12.4. The van der Waals surface area contributed by atoms with Gasteiger partial charge in [0.2, 0.25) is 5.91 Å². The molecule has 0 bridgehead atoms. The van der Waals surface area contributed by atoms with Crippen molar-refractivity contribution in [1.29, 1.82) is 0 Å². The van der Waals surface area contributed by atoms with Gasteiger partial charge in [-0.1, -0.05) is 187 Å². The SMILES string of the molecule is CCCCCCCCCCCCCCCCCC(O)C(CO)NC(=O)C(O)CCCCCCCCCCCCCC. The van der Waals surface area contributed by atoms with Crippen molar-refractivity contribution in [1.82, 2.24) is 5.32 Å². The fourth-order valence-corrected chi connectivity index (χ4v) is 5.78. The molecule has 0 aliphatic rings. The van der Waals surface area contributed by atoms with Crippen LogP contribution in [0.3, 0.4) is 0 Å². The topological polar surface area (TPSA) is 89.8 Å². The monoisotopic (exact) mass is 584 g/mol. The van der Waals surface area contributed by atoms with Crippen LogP contribution in [0.2, 0.25) is 0 Å². The quantitative estimate of drug-likeness (QED) is 0.0579. The molecule has 0 heterocycles. The first kappa shape index (κ1) is 40.4. The van der Waals surface area contributed by atoms with E-state index in [9.17, 15) is 20.1 Å².